The molecule has 0 spiro atoms. The van der Waals surface area contributed by atoms with Crippen molar-refractivity contribution in [2.45, 2.75) is 67.2 Å². The maximum Gasteiger partial charge on any atom is 0.0516 e. The van der Waals surface area contributed by atoms with Crippen molar-refractivity contribution in [1.82, 2.24) is 0 Å². The molecule has 0 aromatic carbocycles. The van der Waals surface area contributed by atoms with E-state index in [0.717, 1.165) is 13.2 Å². The second kappa shape index (κ2) is 5.96. The summed E-state index contributed by atoms with van der Waals surface area (Å²) in [6.45, 7) is 16.1. The van der Waals surface area contributed by atoms with Gasteiger partial charge in [0.1, 0.15) is 0 Å². The molecule has 2 atom stereocenters. The summed E-state index contributed by atoms with van der Waals surface area (Å²) in [5, 5.41) is 0. The molecule has 1 rings (SSSR count). The molecule has 0 bridgehead atoms. The van der Waals surface area contributed by atoms with Gasteiger partial charge in [-0.3, -0.25) is 0 Å². The smallest absolute Gasteiger partial charge is 0.0516 e. The van der Waals surface area contributed by atoms with Gasteiger partial charge in [0, 0.05) is 14.2 Å². The summed E-state index contributed by atoms with van der Waals surface area (Å²) in [4.78, 5) is 0. The highest BCUT2D eigenvalue weighted by atomic mass is 16.5. The molecule has 1 saturated carbocycles. The maximum atomic E-state index is 5.56. The third-order valence-electron chi connectivity index (χ3n) is 4.61. The fraction of sp³-hybridized carbons (Fsp3) is 1.00. The molecular weight excluding hydrogens is 248 g/mol. The Morgan fingerprint density at radius 1 is 0.600 bits per heavy atom. The van der Waals surface area contributed by atoms with Crippen LogP contribution in [-0.4, -0.2) is 27.4 Å². The van der Waals surface area contributed by atoms with Crippen molar-refractivity contribution in [3.63, 3.8) is 0 Å². The summed E-state index contributed by atoms with van der Waals surface area (Å²) in [5.74, 6) is 0. The van der Waals surface area contributed by atoms with E-state index in [4.69, 9.17) is 9.47 Å². The summed E-state index contributed by atoms with van der Waals surface area (Å²) in [6, 6.07) is 0. The van der Waals surface area contributed by atoms with E-state index in [9.17, 15) is 0 Å². The summed E-state index contributed by atoms with van der Waals surface area (Å²) in [5.41, 5.74) is 1.21. The molecule has 0 N–H and O–H groups in total. The third kappa shape index (κ3) is 5.04. The number of hydrogen-bond acceptors (Lipinski definition) is 2. The lowest BCUT2D eigenvalue weighted by Crippen LogP contribution is -2.43. The van der Waals surface area contributed by atoms with Gasteiger partial charge in [-0.2, -0.15) is 0 Å². The van der Waals surface area contributed by atoms with Crippen molar-refractivity contribution in [2.24, 2.45) is 21.7 Å². The van der Waals surface area contributed by atoms with Gasteiger partial charge in [0.15, 0.2) is 0 Å². The SMILES string of the molecule is COCC1(C)CC(C)(C)CC(C)(C)CC(C)(COC)C1. The van der Waals surface area contributed by atoms with Gasteiger partial charge < -0.3 is 9.47 Å². The first kappa shape index (κ1) is 18.0. The molecule has 1 fully saturated rings. The van der Waals surface area contributed by atoms with E-state index in [1.54, 1.807) is 0 Å². The first-order valence-electron chi connectivity index (χ1n) is 7.93. The molecule has 20 heavy (non-hydrogen) atoms. The largest absolute Gasteiger partial charge is 0.384 e. The van der Waals surface area contributed by atoms with Gasteiger partial charge in [-0.15, -0.1) is 0 Å². The molecule has 2 unspecified atom stereocenters. The quantitative estimate of drug-likeness (QED) is 0.729. The van der Waals surface area contributed by atoms with Crippen LogP contribution >= 0.6 is 0 Å². The molecule has 0 aromatic rings. The van der Waals surface area contributed by atoms with E-state index in [2.05, 4.69) is 41.5 Å². The zero-order chi connectivity index (χ0) is 15.7. The van der Waals surface area contributed by atoms with Gasteiger partial charge in [0.25, 0.3) is 0 Å². The fourth-order valence-corrected chi connectivity index (χ4v) is 5.79. The second-order valence-electron chi connectivity index (χ2n) is 9.52. The summed E-state index contributed by atoms with van der Waals surface area (Å²) in [7, 11) is 3.66. The standard InChI is InChI=1S/C18H36O2/c1-15(2)9-16(3,4)11-18(6,14-20-8)12-17(5,10-15)13-19-7/h9-14H2,1-8H3. The minimum absolute atomic E-state index is 0.238. The molecule has 0 radical (unpaired) electrons. The van der Waals surface area contributed by atoms with Gasteiger partial charge in [-0.1, -0.05) is 41.5 Å². The molecule has 0 aliphatic heterocycles. The molecule has 0 saturated heterocycles. The number of ether oxygens (including phenoxy) is 2. The van der Waals surface area contributed by atoms with E-state index in [0.29, 0.717) is 10.8 Å². The Balaban J connectivity index is 3.08. The van der Waals surface area contributed by atoms with Gasteiger partial charge in [-0.05, 0) is 47.3 Å². The Hall–Kier alpha value is -0.0800. The van der Waals surface area contributed by atoms with Crippen LogP contribution in [0.3, 0.4) is 0 Å². The minimum atomic E-state index is 0.238. The highest BCUT2D eigenvalue weighted by Crippen LogP contribution is 2.54. The lowest BCUT2D eigenvalue weighted by Gasteiger charge is -2.51. The summed E-state index contributed by atoms with van der Waals surface area (Å²) >= 11 is 0. The van der Waals surface area contributed by atoms with Crippen LogP contribution in [0.25, 0.3) is 0 Å². The molecule has 2 heteroatoms. The van der Waals surface area contributed by atoms with Crippen molar-refractivity contribution in [1.29, 1.82) is 0 Å². The minimum Gasteiger partial charge on any atom is -0.384 e. The van der Waals surface area contributed by atoms with Crippen LogP contribution in [0.4, 0.5) is 0 Å². The third-order valence-corrected chi connectivity index (χ3v) is 4.61. The monoisotopic (exact) mass is 284 g/mol. The topological polar surface area (TPSA) is 18.5 Å². The summed E-state index contributed by atoms with van der Waals surface area (Å²) < 4.78 is 11.1. The molecule has 1 aliphatic rings. The zero-order valence-electron chi connectivity index (χ0n) is 15.1. The molecular formula is C18H36O2. The predicted octanol–water partition coefficient (Wildman–Crippen LogP) is 4.92. The fourth-order valence-electron chi connectivity index (χ4n) is 5.79. The summed E-state index contributed by atoms with van der Waals surface area (Å²) in [6.07, 6.45) is 4.88. The normalized spacial score (nSPS) is 37.2. The van der Waals surface area contributed by atoms with Crippen LogP contribution in [0.1, 0.15) is 67.2 Å². The average molecular weight is 284 g/mol. The van der Waals surface area contributed by atoms with Crippen molar-refractivity contribution in [3.05, 3.63) is 0 Å². The molecule has 0 heterocycles. The van der Waals surface area contributed by atoms with E-state index in [-0.39, 0.29) is 10.8 Å². The van der Waals surface area contributed by atoms with Crippen molar-refractivity contribution in [3.8, 4) is 0 Å². The molecule has 0 aromatic heterocycles. The number of hydrogen-bond donors (Lipinski definition) is 0. The molecule has 1 aliphatic carbocycles. The highest BCUT2D eigenvalue weighted by molar-refractivity contribution is 4.96. The zero-order valence-corrected chi connectivity index (χ0v) is 15.1. The van der Waals surface area contributed by atoms with Gasteiger partial charge in [0.2, 0.25) is 0 Å². The van der Waals surface area contributed by atoms with Crippen molar-refractivity contribution >= 4 is 0 Å². The predicted molar refractivity (Wildman–Crippen MR) is 86.0 cm³/mol. The lowest BCUT2D eigenvalue weighted by molar-refractivity contribution is -0.0572. The van der Waals surface area contributed by atoms with Crippen LogP contribution < -0.4 is 0 Å². The van der Waals surface area contributed by atoms with Gasteiger partial charge >= 0.3 is 0 Å². The number of rotatable bonds is 4. The first-order valence-corrected chi connectivity index (χ1v) is 7.93. The first-order chi connectivity index (χ1) is 8.95. The van der Waals surface area contributed by atoms with Gasteiger partial charge in [0.05, 0.1) is 13.2 Å². The van der Waals surface area contributed by atoms with Crippen LogP contribution in [0, 0.1) is 21.7 Å². The Morgan fingerprint density at radius 2 is 0.950 bits per heavy atom. The van der Waals surface area contributed by atoms with E-state index < -0.39 is 0 Å². The van der Waals surface area contributed by atoms with Crippen LogP contribution in [0.2, 0.25) is 0 Å². The van der Waals surface area contributed by atoms with Crippen LogP contribution in [0.5, 0.6) is 0 Å². The van der Waals surface area contributed by atoms with Crippen molar-refractivity contribution < 1.29 is 9.47 Å². The second-order valence-corrected chi connectivity index (χ2v) is 9.52. The Labute approximate surface area is 126 Å². The van der Waals surface area contributed by atoms with Gasteiger partial charge in [-0.25, -0.2) is 0 Å². The highest BCUT2D eigenvalue weighted by Gasteiger charge is 2.46. The molecule has 120 valence electrons. The number of methoxy groups -OCH3 is 2. The molecule has 0 amide bonds. The average Bonchev–Trinajstić information content (AvgIpc) is 2.09. The van der Waals surface area contributed by atoms with E-state index in [1.165, 1.54) is 25.7 Å². The van der Waals surface area contributed by atoms with E-state index in [1.807, 2.05) is 14.2 Å². The van der Waals surface area contributed by atoms with Crippen molar-refractivity contribution in [2.75, 3.05) is 27.4 Å². The lowest BCUT2D eigenvalue weighted by atomic mass is 9.56. The van der Waals surface area contributed by atoms with Crippen LogP contribution in [0.15, 0.2) is 0 Å². The van der Waals surface area contributed by atoms with Crippen LogP contribution in [-0.2, 0) is 9.47 Å². The van der Waals surface area contributed by atoms with E-state index >= 15 is 0 Å². The molecule has 2 nitrogen and oxygen atoms in total. The Bertz CT molecular complexity index is 291. The maximum absolute atomic E-state index is 5.56. The Kier molecular flexibility index (Phi) is 5.36. The Morgan fingerprint density at radius 3 is 1.25 bits per heavy atom.